The van der Waals surface area contributed by atoms with Gasteiger partial charge in [-0.05, 0) is 59.9 Å². The summed E-state index contributed by atoms with van der Waals surface area (Å²) in [6, 6.07) is 11.1. The first-order valence-electron chi connectivity index (χ1n) is 12.5. The molecule has 9 nitrogen and oxygen atoms in total. The van der Waals surface area contributed by atoms with Crippen molar-refractivity contribution < 1.29 is 26.9 Å². The fraction of sp³-hybridized carbons (Fsp3) is 0.286. The molecule has 41 heavy (non-hydrogen) atoms. The molecule has 4 N–H and O–H groups in total. The molecule has 2 aromatic carbocycles. The third-order valence-electron chi connectivity index (χ3n) is 6.33. The number of hydrogen-bond acceptors (Lipinski definition) is 7. The van der Waals surface area contributed by atoms with Crippen LogP contribution in [-0.4, -0.2) is 28.5 Å². The number of alkyl halides is 3. The minimum Gasteiger partial charge on any atom is -0.492 e. The lowest BCUT2D eigenvalue weighted by Crippen LogP contribution is -2.36. The summed E-state index contributed by atoms with van der Waals surface area (Å²) in [7, 11) is 0.0994. The second-order valence-electron chi connectivity index (χ2n) is 10.4. The quantitative estimate of drug-likeness (QED) is 0.289. The molecule has 0 saturated heterocycles. The van der Waals surface area contributed by atoms with Gasteiger partial charge in [0.25, 0.3) is 5.91 Å². The molecule has 0 bridgehead atoms. The van der Waals surface area contributed by atoms with Crippen molar-refractivity contribution in [1.82, 2.24) is 15.9 Å². The average Bonchev–Trinajstić information content (AvgIpc) is 3.37. The van der Waals surface area contributed by atoms with E-state index in [4.69, 9.17) is 4.74 Å². The van der Waals surface area contributed by atoms with Crippen LogP contribution in [0.3, 0.4) is 0 Å². The Balaban J connectivity index is 1.62. The number of ether oxygens (including phenoxy) is 1. The van der Waals surface area contributed by atoms with E-state index in [1.54, 1.807) is 29.4 Å². The number of methoxy groups -OCH3 is 1. The highest BCUT2D eigenvalue weighted by molar-refractivity contribution is 7.85. The van der Waals surface area contributed by atoms with Gasteiger partial charge < -0.3 is 20.2 Å². The lowest BCUT2D eigenvalue weighted by Gasteiger charge is -2.24. The summed E-state index contributed by atoms with van der Waals surface area (Å²) < 4.78 is 59.0. The highest BCUT2D eigenvalue weighted by atomic mass is 32.2. The van der Waals surface area contributed by atoms with Gasteiger partial charge in [-0.15, -0.1) is 5.53 Å². The summed E-state index contributed by atoms with van der Waals surface area (Å²) in [5.41, 5.74) is 9.19. The molecule has 218 valence electrons. The van der Waals surface area contributed by atoms with Crippen molar-refractivity contribution in [3.05, 3.63) is 82.8 Å². The molecule has 1 atom stereocenters. The molecule has 1 aliphatic rings. The number of halogens is 3. The lowest BCUT2D eigenvalue weighted by atomic mass is 9.86. The molecule has 1 aliphatic heterocycles. The highest BCUT2D eigenvalue weighted by Gasteiger charge is 2.32. The number of benzene rings is 2. The fourth-order valence-electron chi connectivity index (χ4n) is 4.12. The topological polar surface area (TPSA) is 108 Å². The van der Waals surface area contributed by atoms with Crippen molar-refractivity contribution in [1.29, 1.82) is 0 Å². The van der Waals surface area contributed by atoms with Gasteiger partial charge in [0.05, 0.1) is 29.9 Å². The third kappa shape index (κ3) is 6.80. The summed E-state index contributed by atoms with van der Waals surface area (Å²) in [5, 5.41) is 4.54. The largest absolute Gasteiger partial charge is 0.492 e. The van der Waals surface area contributed by atoms with E-state index in [-0.39, 0.29) is 5.41 Å². The number of rotatable bonds is 7. The first-order chi connectivity index (χ1) is 19.2. The van der Waals surface area contributed by atoms with Gasteiger partial charge in [-0.1, -0.05) is 26.8 Å². The van der Waals surface area contributed by atoms with Crippen LogP contribution < -0.4 is 30.7 Å². The molecule has 1 unspecified atom stereocenters. The second kappa shape index (κ2) is 11.4. The smallest absolute Gasteiger partial charge is 0.433 e. The van der Waals surface area contributed by atoms with Crippen molar-refractivity contribution in [3.63, 3.8) is 0 Å². The molecule has 1 aromatic heterocycles. The van der Waals surface area contributed by atoms with Crippen LogP contribution >= 0.6 is 0 Å². The molecule has 0 saturated carbocycles. The Bertz CT molecular complexity index is 1520. The van der Waals surface area contributed by atoms with Gasteiger partial charge >= 0.3 is 6.18 Å². The number of anilines is 3. The van der Waals surface area contributed by atoms with E-state index in [2.05, 4.69) is 26.0 Å². The first kappa shape index (κ1) is 29.9. The number of hydrogen-bond donors (Lipinski definition) is 4. The zero-order valence-corrected chi connectivity index (χ0v) is 24.2. The Morgan fingerprint density at radius 3 is 2.37 bits per heavy atom. The first-order valence-corrected chi connectivity index (χ1v) is 14.0. The van der Waals surface area contributed by atoms with Gasteiger partial charge in [-0.3, -0.25) is 14.8 Å². The fourth-order valence-corrected chi connectivity index (χ4v) is 4.58. The number of nitrogens with one attached hydrogen (secondary N) is 4. The van der Waals surface area contributed by atoms with Crippen LogP contribution in [0.25, 0.3) is 5.70 Å². The van der Waals surface area contributed by atoms with Crippen molar-refractivity contribution in [3.8, 4) is 5.75 Å². The predicted molar refractivity (Wildman–Crippen MR) is 154 cm³/mol. The summed E-state index contributed by atoms with van der Waals surface area (Å²) in [4.78, 5) is 16.9. The van der Waals surface area contributed by atoms with E-state index in [0.717, 1.165) is 23.4 Å². The number of nitrogens with zero attached hydrogens (tertiary/aromatic N) is 2. The molecule has 0 radical (unpaired) electrons. The zero-order valence-electron chi connectivity index (χ0n) is 23.4. The summed E-state index contributed by atoms with van der Waals surface area (Å²) >= 11 is 0. The molecule has 4 rings (SSSR count). The molecular formula is C28H31F3N6O3S. The highest BCUT2D eigenvalue weighted by Crippen LogP contribution is 2.39. The average molecular weight is 589 g/mol. The summed E-state index contributed by atoms with van der Waals surface area (Å²) in [6.07, 6.45) is -0.222. The van der Waals surface area contributed by atoms with Gasteiger partial charge in [0.15, 0.2) is 5.75 Å². The minimum absolute atomic E-state index is 0.268. The normalized spacial score (nSPS) is 14.3. The number of carbonyl (C=O) groups excluding carboxylic acids is 1. The number of amides is 1. The van der Waals surface area contributed by atoms with Crippen molar-refractivity contribution in [2.45, 2.75) is 39.3 Å². The van der Waals surface area contributed by atoms with Crippen LogP contribution in [0.2, 0.25) is 0 Å². The van der Waals surface area contributed by atoms with Gasteiger partial charge in [-0.2, -0.15) is 13.2 Å². The van der Waals surface area contributed by atoms with Crippen molar-refractivity contribution >= 4 is 39.7 Å². The maximum absolute atomic E-state index is 13.4. The van der Waals surface area contributed by atoms with Crippen LogP contribution in [0.1, 0.15) is 53.5 Å². The van der Waals surface area contributed by atoms with Gasteiger partial charge in [0.1, 0.15) is 16.7 Å². The van der Waals surface area contributed by atoms with Gasteiger partial charge in [0, 0.05) is 29.8 Å². The molecule has 13 heteroatoms. The van der Waals surface area contributed by atoms with Crippen LogP contribution in [0.15, 0.2) is 54.9 Å². The molecule has 2 heterocycles. The number of pyridine rings is 1. The van der Waals surface area contributed by atoms with Crippen LogP contribution in [-0.2, 0) is 22.6 Å². The standard InChI is InChI=1S/C28H31F3N6O3S/c1-16-7-8-17(11-23(16)37-15-22(34-36-37)18-9-10-24(32-14-18)28(29,30)31)26(38)33-20-12-19(27(2,3)4)13-21(25(20)40-5)35-41(6)39/h7-15,34-36H,1-6H3,(H,33,38). The molecular weight excluding hydrogens is 557 g/mol. The van der Waals surface area contributed by atoms with E-state index < -0.39 is 28.8 Å². The van der Waals surface area contributed by atoms with E-state index in [9.17, 15) is 22.2 Å². The molecule has 0 fully saturated rings. The predicted octanol–water partition coefficient (Wildman–Crippen LogP) is 5.50. The maximum Gasteiger partial charge on any atom is 0.433 e. The van der Waals surface area contributed by atoms with E-state index in [1.807, 2.05) is 39.8 Å². The molecule has 0 aliphatic carbocycles. The maximum atomic E-state index is 13.4. The SMILES string of the molecule is COc1c(NC(=O)c2ccc(C)c(N3C=C(c4ccc(C(F)(F)F)nc4)NN3)c2)cc(C(C)(C)C)cc1NS(C)=O. The van der Waals surface area contributed by atoms with Crippen LogP contribution in [0.5, 0.6) is 5.75 Å². The molecule has 1 amide bonds. The number of aryl methyl sites for hydroxylation is 1. The zero-order chi connectivity index (χ0) is 30.1. The third-order valence-corrected chi connectivity index (χ3v) is 6.83. The Morgan fingerprint density at radius 1 is 1.07 bits per heavy atom. The van der Waals surface area contributed by atoms with Crippen molar-refractivity contribution in [2.24, 2.45) is 0 Å². The molecule has 3 aromatic rings. The second-order valence-corrected chi connectivity index (χ2v) is 11.6. The van der Waals surface area contributed by atoms with Gasteiger partial charge in [0.2, 0.25) is 0 Å². The van der Waals surface area contributed by atoms with Crippen LogP contribution in [0, 0.1) is 6.92 Å². The van der Waals surface area contributed by atoms with Crippen LogP contribution in [0.4, 0.5) is 30.2 Å². The van der Waals surface area contributed by atoms with E-state index in [1.165, 1.54) is 19.4 Å². The minimum atomic E-state index is -4.52. The van der Waals surface area contributed by atoms with E-state index >= 15 is 0 Å². The number of aromatic nitrogens is 1. The summed E-state index contributed by atoms with van der Waals surface area (Å²) in [6.45, 7) is 7.94. The Morgan fingerprint density at radius 2 is 1.78 bits per heavy atom. The Hall–Kier alpha value is -4.10. The Kier molecular flexibility index (Phi) is 8.31. The lowest BCUT2D eigenvalue weighted by molar-refractivity contribution is -0.141. The summed E-state index contributed by atoms with van der Waals surface area (Å²) in [5.74, 6) is -0.0560. The molecule has 0 spiro atoms. The Labute approximate surface area is 238 Å². The number of carbonyl (C=O) groups is 1. The number of hydrazine groups is 2. The van der Waals surface area contributed by atoms with Crippen molar-refractivity contribution in [2.75, 3.05) is 28.4 Å². The van der Waals surface area contributed by atoms with Gasteiger partial charge in [-0.25, -0.2) is 4.21 Å². The monoisotopic (exact) mass is 588 g/mol. The van der Waals surface area contributed by atoms with E-state index in [0.29, 0.717) is 39.6 Å².